The first kappa shape index (κ1) is 20.4. The van der Waals surface area contributed by atoms with Crippen LogP contribution in [0.1, 0.15) is 5.56 Å². The topological polar surface area (TPSA) is 78.8 Å². The first-order valence-electron chi connectivity index (χ1n) is 10.4. The van der Waals surface area contributed by atoms with Crippen molar-refractivity contribution in [2.24, 2.45) is 0 Å². The minimum absolute atomic E-state index is 0.158. The summed E-state index contributed by atoms with van der Waals surface area (Å²) in [6, 6.07) is 20.7. The predicted octanol–water partition coefficient (Wildman–Crippen LogP) is 5.19. The van der Waals surface area contributed by atoms with Crippen molar-refractivity contribution in [3.05, 3.63) is 91.0 Å². The number of H-pyrrole nitrogens is 1. The van der Waals surface area contributed by atoms with Crippen molar-refractivity contribution in [1.29, 1.82) is 0 Å². The van der Waals surface area contributed by atoms with E-state index in [4.69, 9.17) is 5.11 Å². The van der Waals surface area contributed by atoms with Crippen LogP contribution in [0.25, 0.3) is 33.3 Å². The molecule has 0 atom stereocenters. The third kappa shape index (κ3) is 4.39. The molecule has 7 heteroatoms. The Balaban J connectivity index is 1.40. The Kier molecular flexibility index (Phi) is 5.91. The lowest BCUT2D eigenvalue weighted by molar-refractivity contribution is 0.322. The molecule has 32 heavy (non-hydrogen) atoms. The van der Waals surface area contributed by atoms with Crippen LogP contribution in [0.4, 0.5) is 5.69 Å². The van der Waals surface area contributed by atoms with Crippen LogP contribution in [0.15, 0.2) is 85.5 Å². The van der Waals surface area contributed by atoms with Crippen molar-refractivity contribution in [3.63, 3.8) is 0 Å². The highest BCUT2D eigenvalue weighted by Gasteiger charge is 2.11. The number of nitrogens with one attached hydrogen (secondary N) is 2. The molecule has 3 heterocycles. The molecule has 5 rings (SSSR count). The molecule has 0 aliphatic rings. The SMILES string of the molecule is OCCSNc1ccc(-c2cnc3[nH]cc(-c4cnn(Cc5ccccc5)c4)c3c2)cc1. The minimum Gasteiger partial charge on any atom is -0.395 e. The number of rotatable bonds is 8. The highest BCUT2D eigenvalue weighted by atomic mass is 32.2. The summed E-state index contributed by atoms with van der Waals surface area (Å²) >= 11 is 1.49. The second-order valence-electron chi connectivity index (χ2n) is 7.49. The summed E-state index contributed by atoms with van der Waals surface area (Å²) in [7, 11) is 0. The molecule has 2 aromatic carbocycles. The first-order valence-corrected chi connectivity index (χ1v) is 11.4. The molecule has 6 nitrogen and oxygen atoms in total. The van der Waals surface area contributed by atoms with Crippen LogP contribution < -0.4 is 4.72 Å². The van der Waals surface area contributed by atoms with Gasteiger partial charge in [-0.15, -0.1) is 0 Å². The highest BCUT2D eigenvalue weighted by molar-refractivity contribution is 8.00. The molecule has 5 aromatic rings. The molecule has 0 saturated heterocycles. The first-order chi connectivity index (χ1) is 15.8. The Morgan fingerprint density at radius 3 is 2.62 bits per heavy atom. The maximum atomic E-state index is 8.90. The van der Waals surface area contributed by atoms with Crippen molar-refractivity contribution in [1.82, 2.24) is 19.7 Å². The number of pyridine rings is 1. The van der Waals surface area contributed by atoms with Gasteiger partial charge >= 0.3 is 0 Å². The Labute approximate surface area is 190 Å². The smallest absolute Gasteiger partial charge is 0.137 e. The molecule has 3 aromatic heterocycles. The number of anilines is 1. The molecule has 0 amide bonds. The van der Waals surface area contributed by atoms with Gasteiger partial charge in [0.05, 0.1) is 19.3 Å². The van der Waals surface area contributed by atoms with Gasteiger partial charge in [-0.25, -0.2) is 4.98 Å². The Bertz CT molecular complexity index is 1310. The zero-order chi connectivity index (χ0) is 21.8. The van der Waals surface area contributed by atoms with Gasteiger partial charge in [0.15, 0.2) is 0 Å². The quantitative estimate of drug-likeness (QED) is 0.228. The third-order valence-corrected chi connectivity index (χ3v) is 6.03. The lowest BCUT2D eigenvalue weighted by Gasteiger charge is -2.06. The van der Waals surface area contributed by atoms with Crippen LogP contribution >= 0.6 is 11.9 Å². The second-order valence-corrected chi connectivity index (χ2v) is 8.39. The van der Waals surface area contributed by atoms with Crippen molar-refractivity contribution >= 4 is 28.7 Å². The molecular weight excluding hydrogens is 418 g/mol. The lowest BCUT2D eigenvalue weighted by Crippen LogP contribution is -1.99. The Morgan fingerprint density at radius 2 is 1.81 bits per heavy atom. The third-order valence-electron chi connectivity index (χ3n) is 5.26. The van der Waals surface area contributed by atoms with E-state index in [9.17, 15) is 0 Å². The van der Waals surface area contributed by atoms with Gasteiger partial charge in [-0.2, -0.15) is 5.10 Å². The fraction of sp³-hybridized carbons (Fsp3) is 0.120. The number of aromatic nitrogens is 4. The highest BCUT2D eigenvalue weighted by Crippen LogP contribution is 2.31. The van der Waals surface area contributed by atoms with E-state index in [1.165, 1.54) is 17.5 Å². The summed E-state index contributed by atoms with van der Waals surface area (Å²) in [5, 5.41) is 14.5. The number of hydrogen-bond donors (Lipinski definition) is 3. The van der Waals surface area contributed by atoms with Crippen LogP contribution in [0.2, 0.25) is 0 Å². The fourth-order valence-electron chi connectivity index (χ4n) is 3.67. The molecule has 0 unspecified atom stereocenters. The van der Waals surface area contributed by atoms with Gasteiger partial charge in [-0.1, -0.05) is 54.4 Å². The maximum Gasteiger partial charge on any atom is 0.137 e. The van der Waals surface area contributed by atoms with Gasteiger partial charge in [0.25, 0.3) is 0 Å². The molecule has 0 bridgehead atoms. The Hall–Kier alpha value is -3.55. The standard InChI is InChI=1S/C25H23N5OS/c31-10-11-32-29-22-8-6-19(7-9-22)20-12-23-24(15-27-25(23)26-13-20)21-14-28-30(17-21)16-18-4-2-1-3-5-18/h1-9,12-15,17,29,31H,10-11,16H2,(H,26,27). The summed E-state index contributed by atoms with van der Waals surface area (Å²) in [4.78, 5) is 7.91. The molecule has 0 spiro atoms. The van der Waals surface area contributed by atoms with Crippen molar-refractivity contribution in [2.75, 3.05) is 17.1 Å². The summed E-state index contributed by atoms with van der Waals surface area (Å²) in [5.74, 6) is 0.653. The average Bonchev–Trinajstić information content (AvgIpc) is 3.47. The van der Waals surface area contributed by atoms with Gasteiger partial charge < -0.3 is 14.8 Å². The second kappa shape index (κ2) is 9.30. The number of aliphatic hydroxyl groups is 1. The summed E-state index contributed by atoms with van der Waals surface area (Å²) in [5.41, 5.74) is 7.40. The van der Waals surface area contributed by atoms with E-state index >= 15 is 0 Å². The number of benzene rings is 2. The van der Waals surface area contributed by atoms with Crippen molar-refractivity contribution in [3.8, 4) is 22.3 Å². The van der Waals surface area contributed by atoms with E-state index < -0.39 is 0 Å². The minimum atomic E-state index is 0.158. The van der Waals surface area contributed by atoms with Crippen molar-refractivity contribution < 1.29 is 5.11 Å². The zero-order valence-corrected chi connectivity index (χ0v) is 18.2. The lowest BCUT2D eigenvalue weighted by atomic mass is 10.0. The van der Waals surface area contributed by atoms with E-state index in [2.05, 4.69) is 56.3 Å². The van der Waals surface area contributed by atoms with E-state index in [0.717, 1.165) is 45.5 Å². The molecule has 0 aliphatic heterocycles. The molecule has 0 fully saturated rings. The van der Waals surface area contributed by atoms with Crippen molar-refractivity contribution in [2.45, 2.75) is 6.54 Å². The maximum absolute atomic E-state index is 8.90. The number of fused-ring (bicyclic) bond motifs is 1. The van der Waals surface area contributed by atoms with Gasteiger partial charge in [0.2, 0.25) is 0 Å². The van der Waals surface area contributed by atoms with Gasteiger partial charge in [-0.3, -0.25) is 4.68 Å². The van der Waals surface area contributed by atoms with Gasteiger partial charge in [-0.05, 0) is 29.3 Å². The number of aliphatic hydroxyl groups excluding tert-OH is 1. The number of hydrogen-bond acceptors (Lipinski definition) is 5. The van der Waals surface area contributed by atoms with E-state index in [1.807, 2.05) is 53.6 Å². The molecular formula is C25H23N5OS. The van der Waals surface area contributed by atoms with Gasteiger partial charge in [0.1, 0.15) is 5.65 Å². The van der Waals surface area contributed by atoms with E-state index in [0.29, 0.717) is 5.75 Å². The summed E-state index contributed by atoms with van der Waals surface area (Å²) in [6.07, 6.45) is 7.87. The van der Waals surface area contributed by atoms with Crippen LogP contribution in [-0.2, 0) is 6.54 Å². The summed E-state index contributed by atoms with van der Waals surface area (Å²) < 4.78 is 5.19. The predicted molar refractivity (Wildman–Crippen MR) is 131 cm³/mol. The van der Waals surface area contributed by atoms with Crippen LogP contribution in [0.3, 0.4) is 0 Å². The number of nitrogens with zero attached hydrogens (tertiary/aromatic N) is 3. The molecule has 0 radical (unpaired) electrons. The summed E-state index contributed by atoms with van der Waals surface area (Å²) in [6.45, 7) is 0.898. The average molecular weight is 442 g/mol. The zero-order valence-electron chi connectivity index (χ0n) is 17.4. The molecule has 3 N–H and O–H groups in total. The van der Waals surface area contributed by atoms with Crippen LogP contribution in [-0.4, -0.2) is 37.2 Å². The Morgan fingerprint density at radius 1 is 0.969 bits per heavy atom. The fourth-order valence-corrected chi connectivity index (χ4v) is 4.17. The molecule has 0 saturated carbocycles. The van der Waals surface area contributed by atoms with Crippen LogP contribution in [0, 0.1) is 0 Å². The molecule has 0 aliphatic carbocycles. The van der Waals surface area contributed by atoms with Gasteiger partial charge in [0, 0.05) is 52.1 Å². The van der Waals surface area contributed by atoms with Crippen LogP contribution in [0.5, 0.6) is 0 Å². The monoisotopic (exact) mass is 441 g/mol. The largest absolute Gasteiger partial charge is 0.395 e. The molecule has 160 valence electrons. The van der Waals surface area contributed by atoms with E-state index in [-0.39, 0.29) is 6.61 Å². The normalized spacial score (nSPS) is 11.2. The van der Waals surface area contributed by atoms with E-state index in [1.54, 1.807) is 0 Å². The number of aromatic amines is 1.